The minimum atomic E-state index is -0.302. The first-order valence-electron chi connectivity index (χ1n) is 11.4. The number of fused-ring (bicyclic) bond motifs is 3. The SMILES string of the molecule is Cc1ccc(-n2c(=O)c3ccccc3n3c(SC(C)C(=O)N4CCC(C)CC4)nnc23)cc1. The Kier molecular flexibility index (Phi) is 5.70. The first-order valence-corrected chi connectivity index (χ1v) is 12.2. The van der Waals surface area contributed by atoms with Crippen LogP contribution in [0.15, 0.2) is 58.5 Å². The van der Waals surface area contributed by atoms with Crippen LogP contribution in [0, 0.1) is 12.8 Å². The Morgan fingerprint density at radius 3 is 2.48 bits per heavy atom. The number of amides is 1. The molecule has 2 aromatic heterocycles. The van der Waals surface area contributed by atoms with E-state index in [4.69, 9.17) is 0 Å². The fraction of sp³-hybridized carbons (Fsp3) is 0.360. The Morgan fingerprint density at radius 1 is 1.06 bits per heavy atom. The Hall–Kier alpha value is -3.13. The van der Waals surface area contributed by atoms with Crippen LogP contribution in [0.4, 0.5) is 0 Å². The maximum atomic E-state index is 13.4. The van der Waals surface area contributed by atoms with E-state index in [2.05, 4.69) is 17.1 Å². The van der Waals surface area contributed by atoms with E-state index in [0.717, 1.165) is 42.7 Å². The number of carbonyl (C=O) groups is 1. The average Bonchev–Trinajstić information content (AvgIpc) is 3.23. The number of aromatic nitrogens is 4. The van der Waals surface area contributed by atoms with Gasteiger partial charge in [-0.2, -0.15) is 0 Å². The predicted octanol–water partition coefficient (Wildman–Crippen LogP) is 4.08. The molecule has 1 unspecified atom stereocenters. The smallest absolute Gasteiger partial charge is 0.267 e. The topological polar surface area (TPSA) is 72.5 Å². The molecular formula is C25H27N5O2S. The van der Waals surface area contributed by atoms with Gasteiger partial charge >= 0.3 is 0 Å². The summed E-state index contributed by atoms with van der Waals surface area (Å²) in [5, 5.41) is 9.69. The highest BCUT2D eigenvalue weighted by Gasteiger charge is 2.27. The summed E-state index contributed by atoms with van der Waals surface area (Å²) in [6.45, 7) is 7.78. The maximum absolute atomic E-state index is 13.4. The molecular weight excluding hydrogens is 434 g/mol. The van der Waals surface area contributed by atoms with Crippen LogP contribution in [0.25, 0.3) is 22.4 Å². The Morgan fingerprint density at radius 2 is 1.76 bits per heavy atom. The highest BCUT2D eigenvalue weighted by Crippen LogP contribution is 2.28. The van der Waals surface area contributed by atoms with Gasteiger partial charge in [-0.05, 0) is 56.9 Å². The lowest BCUT2D eigenvalue weighted by atomic mass is 9.99. The van der Waals surface area contributed by atoms with Crippen molar-refractivity contribution in [3.8, 4) is 5.69 Å². The zero-order valence-electron chi connectivity index (χ0n) is 19.1. The summed E-state index contributed by atoms with van der Waals surface area (Å²) >= 11 is 1.39. The van der Waals surface area contributed by atoms with E-state index in [1.807, 2.05) is 71.7 Å². The third-order valence-corrected chi connectivity index (χ3v) is 7.44. The van der Waals surface area contributed by atoms with Crippen molar-refractivity contribution in [3.63, 3.8) is 0 Å². The molecule has 0 radical (unpaired) electrons. The molecule has 1 aliphatic heterocycles. The van der Waals surface area contributed by atoms with Gasteiger partial charge in [-0.15, -0.1) is 10.2 Å². The molecule has 1 saturated heterocycles. The average molecular weight is 462 g/mol. The number of rotatable bonds is 4. The Labute approximate surface area is 196 Å². The van der Waals surface area contributed by atoms with E-state index in [9.17, 15) is 9.59 Å². The minimum absolute atomic E-state index is 0.125. The van der Waals surface area contributed by atoms with Crippen molar-refractivity contribution in [3.05, 3.63) is 64.4 Å². The van der Waals surface area contributed by atoms with Crippen molar-refractivity contribution in [2.24, 2.45) is 5.92 Å². The van der Waals surface area contributed by atoms with Gasteiger partial charge in [-0.3, -0.25) is 14.0 Å². The highest BCUT2D eigenvalue weighted by atomic mass is 32.2. The van der Waals surface area contributed by atoms with E-state index in [1.54, 1.807) is 4.57 Å². The van der Waals surface area contributed by atoms with Gasteiger partial charge in [0.1, 0.15) is 0 Å². The van der Waals surface area contributed by atoms with E-state index in [-0.39, 0.29) is 16.7 Å². The van der Waals surface area contributed by atoms with Crippen LogP contribution in [0.1, 0.15) is 32.3 Å². The fourth-order valence-electron chi connectivity index (χ4n) is 4.38. The normalized spacial score (nSPS) is 15.9. The van der Waals surface area contributed by atoms with Gasteiger partial charge in [-0.25, -0.2) is 4.57 Å². The highest BCUT2D eigenvalue weighted by molar-refractivity contribution is 8.00. The molecule has 0 saturated carbocycles. The summed E-state index contributed by atoms with van der Waals surface area (Å²) in [6, 6.07) is 15.2. The number of nitrogens with zero attached hydrogens (tertiary/aromatic N) is 5. The van der Waals surface area contributed by atoms with Crippen LogP contribution in [-0.4, -0.2) is 48.3 Å². The lowest BCUT2D eigenvalue weighted by molar-refractivity contribution is -0.131. The van der Waals surface area contributed by atoms with Crippen LogP contribution >= 0.6 is 11.8 Å². The lowest BCUT2D eigenvalue weighted by Crippen LogP contribution is -2.41. The van der Waals surface area contributed by atoms with Crippen molar-refractivity contribution in [1.29, 1.82) is 0 Å². The second-order valence-electron chi connectivity index (χ2n) is 8.88. The van der Waals surface area contributed by atoms with Crippen LogP contribution < -0.4 is 5.56 Å². The number of likely N-dealkylation sites (tertiary alicyclic amines) is 1. The van der Waals surface area contributed by atoms with Crippen molar-refractivity contribution < 1.29 is 4.79 Å². The van der Waals surface area contributed by atoms with E-state index < -0.39 is 0 Å². The number of thioether (sulfide) groups is 1. The Balaban J connectivity index is 1.59. The van der Waals surface area contributed by atoms with Gasteiger partial charge < -0.3 is 4.90 Å². The predicted molar refractivity (Wildman–Crippen MR) is 131 cm³/mol. The molecule has 8 heteroatoms. The molecule has 2 aromatic carbocycles. The monoisotopic (exact) mass is 461 g/mol. The number of hydrogen-bond donors (Lipinski definition) is 0. The largest absolute Gasteiger partial charge is 0.342 e. The molecule has 3 heterocycles. The molecule has 7 nitrogen and oxygen atoms in total. The van der Waals surface area contributed by atoms with E-state index >= 15 is 0 Å². The van der Waals surface area contributed by atoms with Gasteiger partial charge in [0.05, 0.1) is 21.8 Å². The molecule has 0 spiro atoms. The van der Waals surface area contributed by atoms with Crippen LogP contribution in [-0.2, 0) is 4.79 Å². The molecule has 4 aromatic rings. The molecule has 1 aliphatic rings. The first-order chi connectivity index (χ1) is 15.9. The van der Waals surface area contributed by atoms with Crippen molar-refractivity contribution in [2.75, 3.05) is 13.1 Å². The summed E-state index contributed by atoms with van der Waals surface area (Å²) in [7, 11) is 0. The first kappa shape index (κ1) is 21.7. The molecule has 0 bridgehead atoms. The van der Waals surface area contributed by atoms with Gasteiger partial charge in [0.25, 0.3) is 5.56 Å². The molecule has 1 amide bonds. The molecule has 0 N–H and O–H groups in total. The van der Waals surface area contributed by atoms with Gasteiger partial charge in [0.2, 0.25) is 11.7 Å². The summed E-state index contributed by atoms with van der Waals surface area (Å²) in [5.41, 5.74) is 2.44. The zero-order valence-corrected chi connectivity index (χ0v) is 19.9. The number of piperidine rings is 1. The van der Waals surface area contributed by atoms with E-state index in [0.29, 0.717) is 22.2 Å². The van der Waals surface area contributed by atoms with Crippen LogP contribution in [0.2, 0.25) is 0 Å². The number of benzene rings is 2. The zero-order chi connectivity index (χ0) is 23.1. The lowest BCUT2D eigenvalue weighted by Gasteiger charge is -2.31. The van der Waals surface area contributed by atoms with Crippen LogP contribution in [0.3, 0.4) is 0 Å². The van der Waals surface area contributed by atoms with Crippen LogP contribution in [0.5, 0.6) is 0 Å². The molecule has 1 fully saturated rings. The number of carbonyl (C=O) groups excluding carboxylic acids is 1. The van der Waals surface area contributed by atoms with Gasteiger partial charge in [-0.1, -0.05) is 48.5 Å². The number of para-hydroxylation sites is 1. The Bertz CT molecular complexity index is 1380. The number of hydrogen-bond acceptors (Lipinski definition) is 5. The van der Waals surface area contributed by atoms with E-state index in [1.165, 1.54) is 11.8 Å². The van der Waals surface area contributed by atoms with Crippen molar-refractivity contribution in [2.45, 2.75) is 44.0 Å². The summed E-state index contributed by atoms with van der Waals surface area (Å²) in [6.07, 6.45) is 2.09. The molecule has 170 valence electrons. The van der Waals surface area contributed by atoms with Gasteiger partial charge in [0, 0.05) is 13.1 Å². The molecule has 0 aliphatic carbocycles. The fourth-order valence-corrected chi connectivity index (χ4v) is 5.32. The summed E-state index contributed by atoms with van der Waals surface area (Å²) in [5.74, 6) is 1.23. The third-order valence-electron chi connectivity index (χ3n) is 6.41. The second kappa shape index (κ2) is 8.67. The maximum Gasteiger partial charge on any atom is 0.267 e. The van der Waals surface area contributed by atoms with Crippen molar-refractivity contribution >= 4 is 34.3 Å². The third kappa shape index (κ3) is 3.93. The summed E-state index contributed by atoms with van der Waals surface area (Å²) in [4.78, 5) is 28.5. The molecule has 1 atom stereocenters. The standard InChI is InChI=1S/C25H27N5O2S/c1-16-8-10-19(11-9-16)29-23(32)20-6-4-5-7-21(20)30-24(29)26-27-25(30)33-18(3)22(31)28-14-12-17(2)13-15-28/h4-11,17-18H,12-15H2,1-3H3. The van der Waals surface area contributed by atoms with Gasteiger partial charge in [0.15, 0.2) is 5.16 Å². The molecule has 5 rings (SSSR count). The number of aryl methyl sites for hydroxylation is 1. The minimum Gasteiger partial charge on any atom is -0.342 e. The summed E-state index contributed by atoms with van der Waals surface area (Å²) < 4.78 is 3.49. The second-order valence-corrected chi connectivity index (χ2v) is 10.2. The van der Waals surface area contributed by atoms with Crippen molar-refractivity contribution in [1.82, 2.24) is 24.1 Å². The quantitative estimate of drug-likeness (QED) is 0.428. The molecule has 33 heavy (non-hydrogen) atoms.